The summed E-state index contributed by atoms with van der Waals surface area (Å²) in [6.07, 6.45) is 1.49. The van der Waals surface area contributed by atoms with Gasteiger partial charge in [-0.3, -0.25) is 4.90 Å². The summed E-state index contributed by atoms with van der Waals surface area (Å²) < 4.78 is 17.8. The van der Waals surface area contributed by atoms with Gasteiger partial charge in [0.25, 0.3) is 0 Å². The fourth-order valence-electron chi connectivity index (χ4n) is 2.75. The summed E-state index contributed by atoms with van der Waals surface area (Å²) in [5, 5.41) is 12.3. The number of nitrogens with zero attached hydrogens (tertiary/aromatic N) is 1. The maximum atomic E-state index is 13.0. The van der Waals surface area contributed by atoms with E-state index >= 15 is 0 Å². The number of aliphatic hydroxyl groups is 1. The van der Waals surface area contributed by atoms with Gasteiger partial charge in [0.1, 0.15) is 10.7 Å². The van der Waals surface area contributed by atoms with Crippen LogP contribution in [-0.2, 0) is 11.3 Å². The highest BCUT2D eigenvalue weighted by atomic mass is 32.1. The summed E-state index contributed by atoms with van der Waals surface area (Å²) in [6.45, 7) is 1.05. The van der Waals surface area contributed by atoms with Gasteiger partial charge in [-0.25, -0.2) is 9.18 Å². The molecule has 1 unspecified atom stereocenters. The van der Waals surface area contributed by atoms with E-state index < -0.39 is 6.10 Å². The predicted octanol–water partition coefficient (Wildman–Crippen LogP) is 3.37. The number of rotatable bonds is 7. The molecule has 0 aliphatic heterocycles. The molecule has 24 heavy (non-hydrogen) atoms. The van der Waals surface area contributed by atoms with Crippen molar-refractivity contribution in [3.63, 3.8) is 0 Å². The van der Waals surface area contributed by atoms with Crippen LogP contribution in [0.1, 0.15) is 39.7 Å². The molecule has 4 nitrogen and oxygen atoms in total. The second kappa shape index (κ2) is 7.42. The van der Waals surface area contributed by atoms with Crippen molar-refractivity contribution >= 4 is 17.3 Å². The van der Waals surface area contributed by atoms with Gasteiger partial charge in [-0.05, 0) is 47.5 Å². The van der Waals surface area contributed by atoms with Crippen molar-refractivity contribution in [1.29, 1.82) is 0 Å². The van der Waals surface area contributed by atoms with E-state index in [2.05, 4.69) is 4.90 Å². The van der Waals surface area contributed by atoms with Crippen LogP contribution in [0.4, 0.5) is 4.39 Å². The largest absolute Gasteiger partial charge is 0.465 e. The van der Waals surface area contributed by atoms with Crippen LogP contribution in [0.2, 0.25) is 0 Å². The zero-order valence-corrected chi connectivity index (χ0v) is 14.3. The Bertz CT molecular complexity index is 697. The number of carbonyl (C=O) groups excluding carboxylic acids is 1. The molecule has 0 bridgehead atoms. The van der Waals surface area contributed by atoms with Crippen LogP contribution in [-0.4, -0.2) is 35.7 Å². The summed E-state index contributed by atoms with van der Waals surface area (Å²) in [5.74, 6) is -0.638. The van der Waals surface area contributed by atoms with Crippen molar-refractivity contribution in [2.45, 2.75) is 31.5 Å². The first kappa shape index (κ1) is 17.1. The highest BCUT2D eigenvalue weighted by Crippen LogP contribution is 2.32. The highest BCUT2D eigenvalue weighted by molar-refractivity contribution is 7.12. The van der Waals surface area contributed by atoms with Crippen molar-refractivity contribution in [1.82, 2.24) is 4.90 Å². The molecule has 1 aliphatic rings. The number of carbonyl (C=O) groups is 1. The van der Waals surface area contributed by atoms with Crippen molar-refractivity contribution in [2.24, 2.45) is 0 Å². The Morgan fingerprint density at radius 1 is 1.38 bits per heavy atom. The molecule has 1 N–H and O–H groups in total. The first-order valence-electron chi connectivity index (χ1n) is 7.90. The predicted molar refractivity (Wildman–Crippen MR) is 90.5 cm³/mol. The molecule has 1 aliphatic carbocycles. The molecule has 1 saturated carbocycles. The number of hydrogen-bond donors (Lipinski definition) is 1. The van der Waals surface area contributed by atoms with Crippen LogP contribution in [0.15, 0.2) is 35.7 Å². The SMILES string of the molecule is COC(=O)c1sccc1CN(CC(O)c1ccc(F)cc1)C1CC1. The minimum Gasteiger partial charge on any atom is -0.465 e. The lowest BCUT2D eigenvalue weighted by molar-refractivity contribution is 0.0602. The molecule has 1 atom stereocenters. The smallest absolute Gasteiger partial charge is 0.348 e. The van der Waals surface area contributed by atoms with Crippen LogP contribution >= 0.6 is 11.3 Å². The van der Waals surface area contributed by atoms with Gasteiger partial charge in [-0.2, -0.15) is 0 Å². The molecule has 0 radical (unpaired) electrons. The maximum absolute atomic E-state index is 13.0. The number of hydrogen-bond acceptors (Lipinski definition) is 5. The van der Waals surface area contributed by atoms with Gasteiger partial charge in [0.2, 0.25) is 0 Å². The van der Waals surface area contributed by atoms with Crippen LogP contribution in [0.3, 0.4) is 0 Å². The third kappa shape index (κ3) is 4.01. The maximum Gasteiger partial charge on any atom is 0.348 e. The number of aliphatic hydroxyl groups excluding tert-OH is 1. The van der Waals surface area contributed by atoms with Crippen LogP contribution in [0.25, 0.3) is 0 Å². The van der Waals surface area contributed by atoms with Gasteiger partial charge in [0.15, 0.2) is 0 Å². The average Bonchev–Trinajstić information content (AvgIpc) is 3.33. The van der Waals surface area contributed by atoms with Gasteiger partial charge in [-0.15, -0.1) is 11.3 Å². The fourth-order valence-corrected chi connectivity index (χ4v) is 3.58. The van der Waals surface area contributed by atoms with Crippen molar-refractivity contribution in [3.05, 3.63) is 57.5 Å². The van der Waals surface area contributed by atoms with E-state index in [1.807, 2.05) is 11.4 Å². The van der Waals surface area contributed by atoms with Gasteiger partial charge < -0.3 is 9.84 Å². The molecule has 1 aromatic carbocycles. The Balaban J connectivity index is 1.70. The van der Waals surface area contributed by atoms with Crippen LogP contribution < -0.4 is 0 Å². The molecule has 0 spiro atoms. The lowest BCUT2D eigenvalue weighted by Gasteiger charge is -2.25. The van der Waals surface area contributed by atoms with E-state index in [1.165, 1.54) is 30.6 Å². The average molecular weight is 349 g/mol. The first-order chi connectivity index (χ1) is 11.6. The number of methoxy groups -OCH3 is 1. The molecule has 0 amide bonds. The number of benzene rings is 1. The molecule has 0 saturated heterocycles. The Kier molecular flexibility index (Phi) is 5.28. The van der Waals surface area contributed by atoms with Crippen molar-refractivity contribution in [2.75, 3.05) is 13.7 Å². The lowest BCUT2D eigenvalue weighted by Crippen LogP contribution is -2.30. The summed E-state index contributed by atoms with van der Waals surface area (Å²) in [7, 11) is 1.38. The summed E-state index contributed by atoms with van der Waals surface area (Å²) >= 11 is 1.37. The van der Waals surface area contributed by atoms with Crippen molar-refractivity contribution < 1.29 is 19.0 Å². The van der Waals surface area contributed by atoms with E-state index in [0.29, 0.717) is 29.6 Å². The Labute approximate surface area is 144 Å². The van der Waals surface area contributed by atoms with Gasteiger partial charge in [0.05, 0.1) is 13.2 Å². The number of esters is 1. The molecular formula is C18H20FNO3S. The molecule has 1 aromatic heterocycles. The second-order valence-electron chi connectivity index (χ2n) is 5.99. The molecule has 3 rings (SSSR count). The first-order valence-corrected chi connectivity index (χ1v) is 8.78. The highest BCUT2D eigenvalue weighted by Gasteiger charge is 2.31. The van der Waals surface area contributed by atoms with E-state index in [-0.39, 0.29) is 11.8 Å². The zero-order chi connectivity index (χ0) is 17.1. The van der Waals surface area contributed by atoms with E-state index in [0.717, 1.165) is 18.4 Å². The van der Waals surface area contributed by atoms with Crippen molar-refractivity contribution in [3.8, 4) is 0 Å². The summed E-state index contributed by atoms with van der Waals surface area (Å²) in [6, 6.07) is 8.27. The summed E-state index contributed by atoms with van der Waals surface area (Å²) in [4.78, 5) is 14.6. The van der Waals surface area contributed by atoms with Gasteiger partial charge in [-0.1, -0.05) is 12.1 Å². The fraction of sp³-hybridized carbons (Fsp3) is 0.389. The van der Waals surface area contributed by atoms with Crippen LogP contribution in [0.5, 0.6) is 0 Å². The number of thiophene rings is 1. The quantitative estimate of drug-likeness (QED) is 0.779. The van der Waals surface area contributed by atoms with Crippen LogP contribution in [0, 0.1) is 5.82 Å². The Morgan fingerprint density at radius 3 is 2.71 bits per heavy atom. The standard InChI is InChI=1S/C18H20FNO3S/c1-23-18(22)17-13(8-9-24-17)10-20(15-6-7-15)11-16(21)12-2-4-14(19)5-3-12/h2-5,8-9,15-16,21H,6-7,10-11H2,1H3. The molecule has 1 fully saturated rings. The monoisotopic (exact) mass is 349 g/mol. The van der Waals surface area contributed by atoms with E-state index in [4.69, 9.17) is 4.74 Å². The Hall–Kier alpha value is -1.76. The zero-order valence-electron chi connectivity index (χ0n) is 13.4. The number of halogens is 1. The molecule has 128 valence electrons. The number of ether oxygens (including phenoxy) is 1. The minimum absolute atomic E-state index is 0.314. The molecular weight excluding hydrogens is 329 g/mol. The normalized spacial score (nSPS) is 15.5. The van der Waals surface area contributed by atoms with Gasteiger partial charge >= 0.3 is 5.97 Å². The Morgan fingerprint density at radius 2 is 2.08 bits per heavy atom. The summed E-state index contributed by atoms with van der Waals surface area (Å²) in [5.41, 5.74) is 1.62. The minimum atomic E-state index is -0.689. The molecule has 6 heteroatoms. The lowest BCUT2D eigenvalue weighted by atomic mass is 10.1. The second-order valence-corrected chi connectivity index (χ2v) is 6.91. The van der Waals surface area contributed by atoms with E-state index in [9.17, 15) is 14.3 Å². The third-order valence-electron chi connectivity index (χ3n) is 4.22. The van der Waals surface area contributed by atoms with Gasteiger partial charge in [0, 0.05) is 19.1 Å². The molecule has 2 aromatic rings. The van der Waals surface area contributed by atoms with E-state index in [1.54, 1.807) is 12.1 Å². The third-order valence-corrected chi connectivity index (χ3v) is 5.15. The molecule has 1 heterocycles. The topological polar surface area (TPSA) is 49.8 Å².